The molecule has 138 valence electrons. The second kappa shape index (κ2) is 7.50. The van der Waals surface area contributed by atoms with Crippen molar-refractivity contribution in [1.29, 1.82) is 5.26 Å². The van der Waals surface area contributed by atoms with Gasteiger partial charge in [-0.3, -0.25) is 9.69 Å². The van der Waals surface area contributed by atoms with Crippen LogP contribution in [-0.2, 0) is 17.8 Å². The molecular weight excluding hydrogens is 341 g/mol. The summed E-state index contributed by atoms with van der Waals surface area (Å²) in [5, 5.41) is 8.84. The summed E-state index contributed by atoms with van der Waals surface area (Å²) < 4.78 is 14.1. The Bertz CT molecular complexity index is 897. The van der Waals surface area contributed by atoms with Crippen molar-refractivity contribution in [2.75, 3.05) is 24.5 Å². The molecule has 0 aromatic heterocycles. The predicted molar refractivity (Wildman–Crippen MR) is 102 cm³/mol. The van der Waals surface area contributed by atoms with Crippen LogP contribution in [0.1, 0.15) is 29.5 Å². The van der Waals surface area contributed by atoms with E-state index in [2.05, 4.69) is 11.0 Å². The van der Waals surface area contributed by atoms with Crippen LogP contribution >= 0.6 is 0 Å². The van der Waals surface area contributed by atoms with Crippen molar-refractivity contribution in [3.8, 4) is 6.07 Å². The fourth-order valence-electron chi connectivity index (χ4n) is 4.11. The van der Waals surface area contributed by atoms with E-state index in [4.69, 9.17) is 5.26 Å². The van der Waals surface area contributed by atoms with Gasteiger partial charge in [0.15, 0.2) is 0 Å². The van der Waals surface area contributed by atoms with Crippen molar-refractivity contribution in [2.45, 2.75) is 25.8 Å². The average molecular weight is 363 g/mol. The van der Waals surface area contributed by atoms with Gasteiger partial charge in [-0.15, -0.1) is 0 Å². The monoisotopic (exact) mass is 363 g/mol. The summed E-state index contributed by atoms with van der Waals surface area (Å²) in [6.45, 7) is 2.86. The first-order chi connectivity index (χ1) is 13.2. The summed E-state index contributed by atoms with van der Waals surface area (Å²) in [4.78, 5) is 17.1. The second-order valence-electron chi connectivity index (χ2n) is 7.34. The zero-order valence-electron chi connectivity index (χ0n) is 15.2. The zero-order valence-corrected chi connectivity index (χ0v) is 15.2. The quantitative estimate of drug-likeness (QED) is 0.839. The van der Waals surface area contributed by atoms with E-state index in [1.807, 2.05) is 29.2 Å². The lowest BCUT2D eigenvalue weighted by atomic mass is 9.94. The molecule has 0 atom stereocenters. The van der Waals surface area contributed by atoms with Crippen LogP contribution in [0, 0.1) is 23.1 Å². The highest BCUT2D eigenvalue weighted by Gasteiger charge is 2.32. The number of benzene rings is 2. The van der Waals surface area contributed by atoms with E-state index in [1.54, 1.807) is 12.1 Å². The topological polar surface area (TPSA) is 47.3 Å². The number of hydrogen-bond donors (Lipinski definition) is 0. The van der Waals surface area contributed by atoms with Gasteiger partial charge in [-0.2, -0.15) is 5.26 Å². The third kappa shape index (κ3) is 3.58. The molecule has 0 spiro atoms. The van der Waals surface area contributed by atoms with Crippen LogP contribution in [0.2, 0.25) is 0 Å². The van der Waals surface area contributed by atoms with E-state index in [1.165, 1.54) is 11.6 Å². The van der Waals surface area contributed by atoms with Crippen LogP contribution in [0.3, 0.4) is 0 Å². The maximum absolute atomic E-state index is 14.1. The maximum Gasteiger partial charge on any atom is 0.230 e. The van der Waals surface area contributed by atoms with Crippen molar-refractivity contribution in [3.63, 3.8) is 0 Å². The summed E-state index contributed by atoms with van der Waals surface area (Å²) in [5.74, 6) is -0.0664. The summed E-state index contributed by atoms with van der Waals surface area (Å²) in [6, 6.07) is 14.7. The number of amides is 1. The van der Waals surface area contributed by atoms with Crippen LogP contribution in [0.15, 0.2) is 42.5 Å². The fourth-order valence-corrected chi connectivity index (χ4v) is 4.11. The number of fused-ring (bicyclic) bond motifs is 1. The van der Waals surface area contributed by atoms with Gasteiger partial charge in [0, 0.05) is 30.3 Å². The van der Waals surface area contributed by atoms with Crippen molar-refractivity contribution in [3.05, 3.63) is 65.0 Å². The van der Waals surface area contributed by atoms with Gasteiger partial charge in [-0.05, 0) is 56.1 Å². The number of nitriles is 1. The van der Waals surface area contributed by atoms with E-state index < -0.39 is 0 Å². The molecular formula is C22H22FN3O. The Balaban J connectivity index is 1.36. The second-order valence-corrected chi connectivity index (χ2v) is 7.34. The highest BCUT2D eigenvalue weighted by atomic mass is 19.1. The molecule has 2 heterocycles. The molecule has 5 heteroatoms. The molecule has 2 aliphatic heterocycles. The fraction of sp³-hybridized carbons (Fsp3) is 0.364. The minimum absolute atomic E-state index is 0.0400. The number of halogens is 1. The summed E-state index contributed by atoms with van der Waals surface area (Å²) in [6.07, 6.45) is 2.53. The van der Waals surface area contributed by atoms with E-state index in [0.29, 0.717) is 17.7 Å². The molecule has 0 bridgehead atoms. The number of carbonyl (C=O) groups excluding carboxylic acids is 1. The summed E-state index contributed by atoms with van der Waals surface area (Å²) in [5.41, 5.74) is 3.25. The normalized spacial score (nSPS) is 17.6. The van der Waals surface area contributed by atoms with E-state index >= 15 is 0 Å². The lowest BCUT2D eigenvalue weighted by Crippen LogP contribution is -2.42. The first-order valence-corrected chi connectivity index (χ1v) is 9.46. The van der Waals surface area contributed by atoms with Crippen LogP contribution in [0.4, 0.5) is 10.1 Å². The molecule has 0 saturated carbocycles. The molecule has 0 N–H and O–H groups in total. The molecule has 0 unspecified atom stereocenters. The van der Waals surface area contributed by atoms with E-state index in [0.717, 1.165) is 44.6 Å². The van der Waals surface area contributed by atoms with Crippen molar-refractivity contribution < 1.29 is 9.18 Å². The van der Waals surface area contributed by atoms with Crippen molar-refractivity contribution in [2.24, 2.45) is 5.92 Å². The van der Waals surface area contributed by atoms with Gasteiger partial charge in [0.25, 0.3) is 0 Å². The van der Waals surface area contributed by atoms with Gasteiger partial charge in [0.1, 0.15) is 5.82 Å². The summed E-state index contributed by atoms with van der Waals surface area (Å²) >= 11 is 0. The Kier molecular flexibility index (Phi) is 4.91. The SMILES string of the molecule is N#Cc1ccc(CN2CCC(C(=O)N3CCc4ccccc43)CC2)c(F)c1. The molecule has 27 heavy (non-hydrogen) atoms. The Morgan fingerprint density at radius 1 is 1.15 bits per heavy atom. The summed E-state index contributed by atoms with van der Waals surface area (Å²) in [7, 11) is 0. The van der Waals surface area contributed by atoms with Crippen molar-refractivity contribution >= 4 is 11.6 Å². The third-order valence-electron chi connectivity index (χ3n) is 5.67. The van der Waals surface area contributed by atoms with Gasteiger partial charge < -0.3 is 4.90 Å². The predicted octanol–water partition coefficient (Wildman–Crippen LogP) is 3.50. The van der Waals surface area contributed by atoms with Gasteiger partial charge >= 0.3 is 0 Å². The molecule has 1 amide bonds. The Labute approximate surface area is 158 Å². The highest BCUT2D eigenvalue weighted by molar-refractivity contribution is 5.97. The molecule has 1 saturated heterocycles. The standard InChI is InChI=1S/C22H22FN3O/c23-20-13-16(14-24)5-6-19(20)15-25-10-7-18(8-11-25)22(27)26-12-9-17-3-1-2-4-21(17)26/h1-6,13,18H,7-12,15H2. The number of likely N-dealkylation sites (tertiary alicyclic amines) is 1. The van der Waals surface area contributed by atoms with E-state index in [9.17, 15) is 9.18 Å². The number of rotatable bonds is 3. The first kappa shape index (κ1) is 17.7. The van der Waals surface area contributed by atoms with Crippen LogP contribution in [0.5, 0.6) is 0 Å². The molecule has 2 aromatic carbocycles. The molecule has 1 fully saturated rings. The minimum Gasteiger partial charge on any atom is -0.312 e. The molecule has 2 aromatic rings. The van der Waals surface area contributed by atoms with Crippen LogP contribution < -0.4 is 4.90 Å². The average Bonchev–Trinajstić information content (AvgIpc) is 3.13. The first-order valence-electron chi connectivity index (χ1n) is 9.46. The van der Waals surface area contributed by atoms with E-state index in [-0.39, 0.29) is 17.6 Å². The maximum atomic E-state index is 14.1. The number of carbonyl (C=O) groups is 1. The number of anilines is 1. The van der Waals surface area contributed by atoms with Crippen LogP contribution in [0.25, 0.3) is 0 Å². The smallest absolute Gasteiger partial charge is 0.230 e. The molecule has 0 radical (unpaired) electrons. The molecule has 4 nitrogen and oxygen atoms in total. The van der Waals surface area contributed by atoms with Gasteiger partial charge in [0.05, 0.1) is 11.6 Å². The molecule has 0 aliphatic carbocycles. The largest absolute Gasteiger partial charge is 0.312 e. The van der Waals surface area contributed by atoms with Gasteiger partial charge in [0.2, 0.25) is 5.91 Å². The number of para-hydroxylation sites is 1. The highest BCUT2D eigenvalue weighted by Crippen LogP contribution is 2.31. The molecule has 2 aliphatic rings. The van der Waals surface area contributed by atoms with Gasteiger partial charge in [-0.1, -0.05) is 24.3 Å². The lowest BCUT2D eigenvalue weighted by Gasteiger charge is -2.33. The van der Waals surface area contributed by atoms with Crippen LogP contribution in [-0.4, -0.2) is 30.4 Å². The minimum atomic E-state index is -0.332. The number of hydrogen-bond acceptors (Lipinski definition) is 3. The van der Waals surface area contributed by atoms with Gasteiger partial charge in [-0.25, -0.2) is 4.39 Å². The zero-order chi connectivity index (χ0) is 18.8. The number of piperidine rings is 1. The molecule has 4 rings (SSSR count). The Hall–Kier alpha value is -2.71. The third-order valence-corrected chi connectivity index (χ3v) is 5.67. The Morgan fingerprint density at radius 3 is 2.67 bits per heavy atom. The number of nitrogens with zero attached hydrogens (tertiary/aromatic N) is 3. The Morgan fingerprint density at radius 2 is 1.93 bits per heavy atom. The lowest BCUT2D eigenvalue weighted by molar-refractivity contribution is -0.123. The van der Waals surface area contributed by atoms with Crippen molar-refractivity contribution in [1.82, 2.24) is 4.90 Å².